The van der Waals surface area contributed by atoms with Crippen molar-refractivity contribution in [3.63, 3.8) is 0 Å². The molecule has 1 aromatic carbocycles. The average Bonchev–Trinajstić information content (AvgIpc) is 1.82. The Morgan fingerprint density at radius 2 is 1.40 bits per heavy atom. The molecule has 1 rings (SSSR count). The molecule has 0 bridgehead atoms. The van der Waals surface area contributed by atoms with Gasteiger partial charge in [0.1, 0.15) is 0 Å². The molecule has 0 N–H and O–H groups in total. The van der Waals surface area contributed by atoms with Crippen molar-refractivity contribution < 1.29 is 13.2 Å². The van der Waals surface area contributed by atoms with Crippen LogP contribution >= 0.6 is 0 Å². The highest BCUT2D eigenvalue weighted by atomic mass is 27.0. The van der Waals surface area contributed by atoms with Gasteiger partial charge in [-0.15, -0.1) is 4.43 Å². The molecule has 0 amide bonds. The van der Waals surface area contributed by atoms with Crippen LogP contribution in [0.1, 0.15) is 0 Å². The Morgan fingerprint density at radius 1 is 1.00 bits per heavy atom. The molecule has 10 heavy (non-hydrogen) atoms. The average molecular weight is 160 g/mol. The Hall–Kier alpha value is -0.458. The third-order valence-electron chi connectivity index (χ3n) is 1.13. The van der Waals surface area contributed by atoms with Gasteiger partial charge in [0, 0.05) is 0 Å². The van der Waals surface area contributed by atoms with Crippen LogP contribution in [0.3, 0.4) is 0 Å². The number of hydrogen-bond acceptors (Lipinski definition) is 0. The van der Waals surface area contributed by atoms with E-state index in [1.807, 2.05) is 0 Å². The molecule has 4 heteroatoms. The molecule has 0 heterocycles. The number of halogens is 3. The number of benzene rings is 1. The van der Waals surface area contributed by atoms with Crippen molar-refractivity contribution in [3.05, 3.63) is 29.6 Å². The minimum absolute atomic E-state index is 0.511. The van der Waals surface area contributed by atoms with Crippen molar-refractivity contribution in [2.45, 2.75) is 0 Å². The van der Waals surface area contributed by atoms with E-state index >= 15 is 0 Å². The van der Waals surface area contributed by atoms with Gasteiger partial charge in [-0.25, -0.2) is 13.2 Å². The maximum absolute atomic E-state index is 12.2. The highest BCUT2D eigenvalue weighted by molar-refractivity contribution is 6.32. The van der Waals surface area contributed by atoms with Crippen LogP contribution in [0.4, 0.5) is 13.2 Å². The van der Waals surface area contributed by atoms with E-state index in [0.29, 0.717) is 20.7 Å². The fraction of sp³-hybridized carbons (Fsp3) is 0. The summed E-state index contributed by atoms with van der Waals surface area (Å²) in [5, 5.41) is 0. The monoisotopic (exact) mass is 160 g/mol. The lowest BCUT2D eigenvalue weighted by Gasteiger charge is -1.95. The normalized spacial score (nSPS) is 9.90. The van der Waals surface area contributed by atoms with Crippen molar-refractivity contribution in [2.75, 3.05) is 0 Å². The summed E-state index contributed by atoms with van der Waals surface area (Å²) < 4.78 is 37.2. The molecule has 0 aliphatic rings. The first kappa shape index (κ1) is 7.65. The summed E-state index contributed by atoms with van der Waals surface area (Å²) >= 11 is 0.522. The molecule has 0 spiro atoms. The Bertz CT molecular complexity index is 236. The van der Waals surface area contributed by atoms with Crippen LogP contribution in [0.2, 0.25) is 0 Å². The molecule has 0 unspecified atom stereocenters. The second kappa shape index (κ2) is 2.65. The second-order valence-electron chi connectivity index (χ2n) is 2.04. The van der Waals surface area contributed by atoms with Crippen molar-refractivity contribution in [1.82, 2.24) is 0 Å². The summed E-state index contributed by atoms with van der Waals surface area (Å²) in [4.78, 5) is 0. The summed E-state index contributed by atoms with van der Waals surface area (Å²) in [6, 6.07) is 2.01. The predicted molar refractivity (Wildman–Crippen MR) is 34.5 cm³/mol. The lowest BCUT2D eigenvalue weighted by molar-refractivity contribution is 0.448. The minimum Gasteiger partial charge on any atom is -0.204 e. The Kier molecular flexibility index (Phi) is 2.03. The van der Waals surface area contributed by atoms with E-state index in [9.17, 15) is 13.2 Å². The molecule has 0 fully saturated rings. The number of hydrogen-bond donors (Lipinski definition) is 0. The molecule has 0 nitrogen and oxygen atoms in total. The largest absolute Gasteiger partial charge is 0.259 e. The lowest BCUT2D eigenvalue weighted by Crippen LogP contribution is -2.06. The van der Waals surface area contributed by atoms with Crippen LogP contribution in [0.15, 0.2) is 12.1 Å². The SMILES string of the molecule is Fc1c[c]([AlH2])cc(F)c1F. The van der Waals surface area contributed by atoms with Gasteiger partial charge in [-0.2, -0.15) is 0 Å². The molecule has 0 atom stereocenters. The second-order valence-corrected chi connectivity index (χ2v) is 3.20. The van der Waals surface area contributed by atoms with Crippen LogP contribution in [-0.2, 0) is 0 Å². The van der Waals surface area contributed by atoms with Gasteiger partial charge in [-0.05, 0) is 12.1 Å². The molecule has 0 saturated carbocycles. The minimum atomic E-state index is -1.39. The molecule has 0 aliphatic heterocycles. The fourth-order valence-electron chi connectivity index (χ4n) is 0.682. The molecular formula is C6H4AlF3. The van der Waals surface area contributed by atoms with Crippen molar-refractivity contribution in [3.8, 4) is 0 Å². The van der Waals surface area contributed by atoms with Crippen LogP contribution in [-0.4, -0.2) is 16.3 Å². The maximum atomic E-state index is 12.2. The summed E-state index contributed by atoms with van der Waals surface area (Å²) in [5.74, 6) is -3.60. The smallest absolute Gasteiger partial charge is 0.204 e. The van der Waals surface area contributed by atoms with Gasteiger partial charge >= 0.3 is 0 Å². The summed E-state index contributed by atoms with van der Waals surface area (Å²) in [7, 11) is 0. The van der Waals surface area contributed by atoms with Crippen LogP contribution < -0.4 is 4.43 Å². The standard InChI is InChI=1S/C6H2F3.Al.2H/c7-4-2-1-3-5(8)6(4)9;;;/h2-3H;;;. The summed E-state index contributed by atoms with van der Waals surface area (Å²) in [5.41, 5.74) is 0. The molecule has 0 aromatic heterocycles. The summed E-state index contributed by atoms with van der Waals surface area (Å²) in [6.45, 7) is 0. The Labute approximate surface area is 64.1 Å². The first-order valence-electron chi connectivity index (χ1n) is 2.72. The third-order valence-corrected chi connectivity index (χ3v) is 1.71. The van der Waals surface area contributed by atoms with Crippen LogP contribution in [0, 0.1) is 17.5 Å². The third kappa shape index (κ3) is 1.34. The number of rotatable bonds is 0. The van der Waals surface area contributed by atoms with Crippen LogP contribution in [0.5, 0.6) is 0 Å². The van der Waals surface area contributed by atoms with Crippen molar-refractivity contribution in [1.29, 1.82) is 0 Å². The van der Waals surface area contributed by atoms with E-state index in [1.165, 1.54) is 0 Å². The highest BCUT2D eigenvalue weighted by Crippen LogP contribution is 2.06. The van der Waals surface area contributed by atoms with Gasteiger partial charge in [0.2, 0.25) is 0 Å². The molecule has 0 radical (unpaired) electrons. The fourth-order valence-corrected chi connectivity index (χ4v) is 1.19. The topological polar surface area (TPSA) is 0 Å². The van der Waals surface area contributed by atoms with Crippen molar-refractivity contribution in [2.24, 2.45) is 0 Å². The zero-order valence-corrected chi connectivity index (χ0v) is 7.29. The Morgan fingerprint density at radius 3 is 1.80 bits per heavy atom. The highest BCUT2D eigenvalue weighted by Gasteiger charge is 2.07. The van der Waals surface area contributed by atoms with E-state index in [2.05, 4.69) is 0 Å². The van der Waals surface area contributed by atoms with Gasteiger partial charge in [-0.1, -0.05) is 0 Å². The van der Waals surface area contributed by atoms with E-state index in [-0.39, 0.29) is 0 Å². The quantitative estimate of drug-likeness (QED) is 0.379. The van der Waals surface area contributed by atoms with E-state index in [4.69, 9.17) is 0 Å². The molecular weight excluding hydrogens is 156 g/mol. The summed E-state index contributed by atoms with van der Waals surface area (Å²) in [6.07, 6.45) is 0. The molecule has 52 valence electrons. The van der Waals surface area contributed by atoms with Gasteiger partial charge in [0.15, 0.2) is 17.5 Å². The van der Waals surface area contributed by atoms with Gasteiger partial charge in [-0.3, -0.25) is 0 Å². The molecule has 0 saturated heterocycles. The lowest BCUT2D eigenvalue weighted by atomic mass is 10.3. The Balaban J connectivity index is 3.31. The van der Waals surface area contributed by atoms with Crippen molar-refractivity contribution >= 4 is 20.7 Å². The first-order chi connectivity index (χ1) is 4.61. The van der Waals surface area contributed by atoms with E-state index in [0.717, 1.165) is 12.1 Å². The molecule has 1 aromatic rings. The van der Waals surface area contributed by atoms with Gasteiger partial charge in [0.05, 0.1) is 0 Å². The molecule has 0 aliphatic carbocycles. The van der Waals surface area contributed by atoms with Gasteiger partial charge < -0.3 is 0 Å². The van der Waals surface area contributed by atoms with Gasteiger partial charge in [0.25, 0.3) is 16.3 Å². The zero-order valence-electron chi connectivity index (χ0n) is 5.29. The predicted octanol–water partition coefficient (Wildman–Crippen LogP) is 0.362. The zero-order chi connectivity index (χ0) is 7.72. The maximum Gasteiger partial charge on any atom is 0.259 e. The first-order valence-corrected chi connectivity index (χ1v) is 3.72. The van der Waals surface area contributed by atoms with Crippen LogP contribution in [0.25, 0.3) is 0 Å². The van der Waals surface area contributed by atoms with E-state index in [1.54, 1.807) is 0 Å². The van der Waals surface area contributed by atoms with E-state index < -0.39 is 17.5 Å².